The molecule has 3 heterocycles. The largest absolute Gasteiger partial charge is 0.297 e. The van der Waals surface area contributed by atoms with Crippen LogP contribution in [0, 0.1) is 21.7 Å². The predicted octanol–water partition coefficient (Wildman–Crippen LogP) is 12.4. The Balaban J connectivity index is 1.61. The van der Waals surface area contributed by atoms with Crippen molar-refractivity contribution in [2.45, 2.75) is 109 Å². The Labute approximate surface area is 315 Å². The summed E-state index contributed by atoms with van der Waals surface area (Å²) in [5, 5.41) is 4.60. The zero-order valence-electron chi connectivity index (χ0n) is 34.1. The van der Waals surface area contributed by atoms with Crippen molar-refractivity contribution in [3.05, 3.63) is 131 Å². The van der Waals surface area contributed by atoms with Gasteiger partial charge in [-0.15, -0.1) is 0 Å². The van der Waals surface area contributed by atoms with Crippen molar-refractivity contribution in [1.29, 1.82) is 0 Å². The molecule has 5 rings (SSSR count). The Morgan fingerprint density at radius 2 is 0.981 bits per heavy atom. The van der Waals surface area contributed by atoms with Gasteiger partial charge in [0, 0.05) is 30.0 Å². The third-order valence-corrected chi connectivity index (χ3v) is 8.74. The van der Waals surface area contributed by atoms with Crippen molar-refractivity contribution in [3.8, 4) is 0 Å². The van der Waals surface area contributed by atoms with E-state index in [1.807, 2.05) is 12.4 Å². The lowest BCUT2D eigenvalue weighted by molar-refractivity contribution is 0.399. The van der Waals surface area contributed by atoms with Gasteiger partial charge in [-0.2, -0.15) is 0 Å². The summed E-state index contributed by atoms with van der Waals surface area (Å²) >= 11 is 0. The molecule has 0 saturated carbocycles. The molecule has 0 fully saturated rings. The minimum atomic E-state index is 0.160. The van der Waals surface area contributed by atoms with E-state index in [9.17, 15) is 0 Å². The van der Waals surface area contributed by atoms with E-state index in [1.54, 1.807) is 0 Å². The highest BCUT2D eigenvalue weighted by Gasteiger charge is 2.27. The summed E-state index contributed by atoms with van der Waals surface area (Å²) < 4.78 is 0. The Morgan fingerprint density at radius 3 is 1.50 bits per heavy atom. The first-order valence-electron chi connectivity index (χ1n) is 19.0. The van der Waals surface area contributed by atoms with Crippen LogP contribution in [0.1, 0.15) is 105 Å². The van der Waals surface area contributed by atoms with Crippen LogP contribution in [0.15, 0.2) is 109 Å². The quantitative estimate of drug-likeness (QED) is 0.165. The van der Waals surface area contributed by atoms with Crippen LogP contribution < -0.4 is 9.91 Å². The maximum absolute atomic E-state index is 5.02. The number of aromatic nitrogens is 2. The number of allylic oxidation sites excluding steroid dienone is 2. The highest BCUT2D eigenvalue weighted by atomic mass is 15.6. The number of hydrazine groups is 1. The van der Waals surface area contributed by atoms with Crippen molar-refractivity contribution in [2.75, 3.05) is 16.5 Å². The molecule has 0 unspecified atom stereocenters. The maximum Gasteiger partial charge on any atom is 0.152 e. The van der Waals surface area contributed by atoms with E-state index >= 15 is 0 Å². The lowest BCUT2D eigenvalue weighted by atomic mass is 9.88. The van der Waals surface area contributed by atoms with E-state index in [4.69, 9.17) is 9.97 Å². The molecule has 0 atom stereocenters. The minimum Gasteiger partial charge on any atom is -0.297 e. The van der Waals surface area contributed by atoms with E-state index in [0.29, 0.717) is 6.54 Å². The molecule has 0 N–H and O–H groups in total. The SMILES string of the molecule is CC(C)(C)Cc1cccc(N(C2=CC=CN(N(c3cccc(CC(C)(C)C)c3)c3cc(CC(C)(C)C)ccn3)C2)c2cc(CC(C)(C)C)ccn2)c1. The third-order valence-electron chi connectivity index (χ3n) is 8.74. The van der Waals surface area contributed by atoms with Gasteiger partial charge in [-0.05, 0) is 130 Å². The van der Waals surface area contributed by atoms with Gasteiger partial charge in [-0.3, -0.25) is 9.91 Å². The molecular weight excluding hydrogens is 635 g/mol. The van der Waals surface area contributed by atoms with Gasteiger partial charge in [-0.25, -0.2) is 15.0 Å². The smallest absolute Gasteiger partial charge is 0.152 e. The fourth-order valence-electron chi connectivity index (χ4n) is 7.10. The molecule has 0 amide bonds. The molecule has 0 radical (unpaired) electrons. The number of pyridine rings is 2. The van der Waals surface area contributed by atoms with Crippen molar-refractivity contribution < 1.29 is 0 Å². The predicted molar refractivity (Wildman–Crippen MR) is 222 cm³/mol. The van der Waals surface area contributed by atoms with E-state index in [0.717, 1.165) is 54.4 Å². The van der Waals surface area contributed by atoms with Crippen LogP contribution in [-0.4, -0.2) is 21.5 Å². The lowest BCUT2D eigenvalue weighted by Gasteiger charge is -2.39. The second-order valence-corrected chi connectivity index (χ2v) is 19.6. The summed E-state index contributed by atoms with van der Waals surface area (Å²) in [5.74, 6) is 1.84. The standard InChI is InChI=1S/C47H63N5/c1-44(2,3)30-35-16-13-18-39(26-35)51(42-28-37(21-23-48-42)32-46(7,8)9)41-20-15-25-50(34-41)52(40-19-14-17-36(27-40)31-45(4,5)6)43-29-38(22-24-49-43)33-47(10,11)12/h13-29H,30-34H2,1-12H3. The first kappa shape index (κ1) is 38.8. The van der Waals surface area contributed by atoms with Crippen LogP contribution >= 0.6 is 0 Å². The van der Waals surface area contributed by atoms with Gasteiger partial charge < -0.3 is 0 Å². The molecule has 52 heavy (non-hydrogen) atoms. The van der Waals surface area contributed by atoms with Crippen molar-refractivity contribution >= 4 is 23.0 Å². The second kappa shape index (κ2) is 15.3. The average molecular weight is 698 g/mol. The van der Waals surface area contributed by atoms with Gasteiger partial charge in [0.25, 0.3) is 0 Å². The van der Waals surface area contributed by atoms with Crippen LogP contribution in [0.2, 0.25) is 0 Å². The van der Waals surface area contributed by atoms with E-state index < -0.39 is 0 Å². The van der Waals surface area contributed by atoms with Gasteiger partial charge in [0.1, 0.15) is 5.82 Å². The first-order chi connectivity index (χ1) is 24.2. The Morgan fingerprint density at radius 1 is 0.538 bits per heavy atom. The van der Waals surface area contributed by atoms with Crippen molar-refractivity contribution in [3.63, 3.8) is 0 Å². The van der Waals surface area contributed by atoms with E-state index in [-0.39, 0.29) is 21.7 Å². The minimum absolute atomic E-state index is 0.160. The number of benzene rings is 2. The fraction of sp³-hybridized carbons (Fsp3) is 0.447. The molecule has 2 aromatic heterocycles. The molecule has 0 bridgehead atoms. The molecular formula is C47H63N5. The zero-order chi connectivity index (χ0) is 37.9. The maximum atomic E-state index is 5.02. The van der Waals surface area contributed by atoms with Crippen molar-refractivity contribution in [1.82, 2.24) is 15.0 Å². The van der Waals surface area contributed by atoms with Gasteiger partial charge in [0.15, 0.2) is 5.82 Å². The highest BCUT2D eigenvalue weighted by molar-refractivity contribution is 5.68. The average Bonchev–Trinajstić information content (AvgIpc) is 2.99. The monoisotopic (exact) mass is 698 g/mol. The Bertz CT molecular complexity index is 1750. The molecule has 0 spiro atoms. The zero-order valence-corrected chi connectivity index (χ0v) is 34.1. The summed E-state index contributed by atoms with van der Waals surface area (Å²) in [7, 11) is 0. The number of hydrogen-bond acceptors (Lipinski definition) is 5. The van der Waals surface area contributed by atoms with Crippen molar-refractivity contribution in [2.24, 2.45) is 21.7 Å². The lowest BCUT2D eigenvalue weighted by Crippen LogP contribution is -2.41. The third kappa shape index (κ3) is 11.3. The van der Waals surface area contributed by atoms with E-state index in [1.165, 1.54) is 22.3 Å². The molecule has 2 aromatic carbocycles. The molecule has 276 valence electrons. The number of rotatable bonds is 10. The van der Waals surface area contributed by atoms with Gasteiger partial charge >= 0.3 is 0 Å². The van der Waals surface area contributed by atoms with Gasteiger partial charge in [0.2, 0.25) is 0 Å². The summed E-state index contributed by atoms with van der Waals surface area (Å²) in [4.78, 5) is 12.4. The van der Waals surface area contributed by atoms with Gasteiger partial charge in [-0.1, -0.05) is 107 Å². The van der Waals surface area contributed by atoms with Crippen LogP contribution in [0.3, 0.4) is 0 Å². The number of anilines is 4. The van der Waals surface area contributed by atoms with Crippen LogP contribution in [0.5, 0.6) is 0 Å². The highest BCUT2D eigenvalue weighted by Crippen LogP contribution is 2.37. The van der Waals surface area contributed by atoms with Crippen LogP contribution in [0.25, 0.3) is 0 Å². The number of nitrogens with zero attached hydrogens (tertiary/aromatic N) is 5. The molecule has 1 aliphatic heterocycles. The Hall–Kier alpha value is -4.38. The molecule has 1 aliphatic rings. The molecule has 5 heteroatoms. The van der Waals surface area contributed by atoms with Gasteiger partial charge in [0.05, 0.1) is 12.2 Å². The first-order valence-corrected chi connectivity index (χ1v) is 19.0. The molecule has 0 saturated heterocycles. The normalized spacial score (nSPS) is 14.0. The summed E-state index contributed by atoms with van der Waals surface area (Å²) in [6.07, 6.45) is 14.4. The Kier molecular flexibility index (Phi) is 11.4. The van der Waals surface area contributed by atoms with Crippen LogP contribution in [-0.2, 0) is 25.7 Å². The summed E-state index contributed by atoms with van der Waals surface area (Å²) in [5.41, 5.74) is 9.22. The summed E-state index contributed by atoms with van der Waals surface area (Å²) in [6.45, 7) is 28.2. The topological polar surface area (TPSA) is 35.5 Å². The fourth-order valence-corrected chi connectivity index (χ4v) is 7.10. The van der Waals surface area contributed by atoms with Crippen LogP contribution in [0.4, 0.5) is 23.0 Å². The molecule has 0 aliphatic carbocycles. The molecule has 5 nitrogen and oxygen atoms in total. The van der Waals surface area contributed by atoms with E-state index in [2.05, 4.69) is 189 Å². The summed E-state index contributed by atoms with van der Waals surface area (Å²) in [6, 6.07) is 26.8. The second-order valence-electron chi connectivity index (χ2n) is 19.6. The number of hydrogen-bond donors (Lipinski definition) is 0. The molecule has 4 aromatic rings.